The summed E-state index contributed by atoms with van der Waals surface area (Å²) in [5.41, 5.74) is 0.521. The van der Waals surface area contributed by atoms with Gasteiger partial charge in [-0.15, -0.1) is 0 Å². The van der Waals surface area contributed by atoms with Crippen molar-refractivity contribution in [2.75, 3.05) is 10.2 Å². The Kier molecular flexibility index (Phi) is 5.04. The molecule has 2 aromatic rings. The smallest absolute Gasteiger partial charge is 0.300 e. The third-order valence-corrected chi connectivity index (χ3v) is 4.43. The molecule has 0 spiro atoms. The summed E-state index contributed by atoms with van der Waals surface area (Å²) in [6.45, 7) is 3.89. The van der Waals surface area contributed by atoms with E-state index in [9.17, 15) is 14.4 Å². The molecular weight excluding hydrogens is 354 g/mol. The quantitative estimate of drug-likeness (QED) is 0.818. The van der Waals surface area contributed by atoms with Crippen molar-refractivity contribution in [3.63, 3.8) is 0 Å². The minimum atomic E-state index is -0.840. The van der Waals surface area contributed by atoms with Crippen LogP contribution in [-0.4, -0.2) is 28.6 Å². The van der Waals surface area contributed by atoms with Gasteiger partial charge in [0, 0.05) is 6.20 Å². The predicted octanol–water partition coefficient (Wildman–Crippen LogP) is 3.32. The van der Waals surface area contributed by atoms with E-state index >= 15 is 0 Å². The maximum absolute atomic E-state index is 12.9. The van der Waals surface area contributed by atoms with Crippen molar-refractivity contribution in [2.24, 2.45) is 5.92 Å². The van der Waals surface area contributed by atoms with Crippen LogP contribution in [0.3, 0.4) is 0 Å². The van der Waals surface area contributed by atoms with Crippen LogP contribution in [0.15, 0.2) is 42.6 Å². The van der Waals surface area contributed by atoms with Crippen LogP contribution in [0.5, 0.6) is 0 Å². The summed E-state index contributed by atoms with van der Waals surface area (Å²) in [4.78, 5) is 43.2. The zero-order chi connectivity index (χ0) is 18.8. The number of Topliss-reactive ketones (excluding diaryl/α,β-unsaturated/α-hetero) is 1. The number of fused-ring (bicyclic) bond motifs is 1. The highest BCUT2D eigenvalue weighted by atomic mass is 35.5. The van der Waals surface area contributed by atoms with Gasteiger partial charge in [0.2, 0.25) is 5.91 Å². The summed E-state index contributed by atoms with van der Waals surface area (Å²) in [5, 5.41) is 2.92. The second-order valence-corrected chi connectivity index (χ2v) is 6.90. The topological polar surface area (TPSA) is 79.4 Å². The van der Waals surface area contributed by atoms with Crippen molar-refractivity contribution in [1.82, 2.24) is 4.98 Å². The molecule has 7 heteroatoms. The van der Waals surface area contributed by atoms with Crippen LogP contribution in [0.1, 0.15) is 30.6 Å². The highest BCUT2D eigenvalue weighted by molar-refractivity contribution is 6.55. The summed E-state index contributed by atoms with van der Waals surface area (Å²) < 4.78 is 0. The second-order valence-electron chi connectivity index (χ2n) is 6.49. The van der Waals surface area contributed by atoms with Crippen LogP contribution in [0.4, 0.5) is 11.5 Å². The van der Waals surface area contributed by atoms with Crippen molar-refractivity contribution >= 4 is 40.7 Å². The average molecular weight is 372 g/mol. The first-order valence-electron chi connectivity index (χ1n) is 8.28. The Morgan fingerprint density at radius 2 is 1.96 bits per heavy atom. The molecule has 134 valence electrons. The maximum Gasteiger partial charge on any atom is 0.300 e. The number of carbonyl (C=O) groups excluding carboxylic acids is 3. The first-order chi connectivity index (χ1) is 12.4. The molecule has 0 saturated heterocycles. The lowest BCUT2D eigenvalue weighted by Crippen LogP contribution is -2.47. The van der Waals surface area contributed by atoms with Gasteiger partial charge in [0.25, 0.3) is 11.7 Å². The lowest BCUT2D eigenvalue weighted by atomic mass is 10.0. The number of carbonyl (C=O) groups is 3. The molecule has 26 heavy (non-hydrogen) atoms. The Morgan fingerprint density at radius 3 is 2.62 bits per heavy atom. The highest BCUT2D eigenvalue weighted by Crippen LogP contribution is 2.36. The lowest BCUT2D eigenvalue weighted by molar-refractivity contribution is -0.121. The van der Waals surface area contributed by atoms with Crippen LogP contribution >= 0.6 is 11.6 Å². The van der Waals surface area contributed by atoms with Gasteiger partial charge in [-0.3, -0.25) is 19.3 Å². The zero-order valence-electron chi connectivity index (χ0n) is 14.4. The Morgan fingerprint density at radius 1 is 1.19 bits per heavy atom. The molecule has 2 heterocycles. The number of halogens is 1. The third kappa shape index (κ3) is 3.32. The minimum absolute atomic E-state index is 0.126. The SMILES string of the molecule is CC(C)CC(C(=O)Nc1ccccn1)N1C(=O)C(=O)c2c(Cl)cccc21. The summed E-state index contributed by atoms with van der Waals surface area (Å²) in [5.74, 6) is -1.32. The van der Waals surface area contributed by atoms with Crippen molar-refractivity contribution < 1.29 is 14.4 Å². The molecule has 0 bridgehead atoms. The number of nitrogens with zero attached hydrogens (tertiary/aromatic N) is 2. The summed E-state index contributed by atoms with van der Waals surface area (Å²) in [6, 6.07) is 9.15. The number of pyridine rings is 1. The summed E-state index contributed by atoms with van der Waals surface area (Å²) >= 11 is 6.10. The molecule has 0 fully saturated rings. The van der Waals surface area contributed by atoms with E-state index in [-0.39, 0.29) is 16.5 Å². The van der Waals surface area contributed by atoms with Crippen LogP contribution < -0.4 is 10.2 Å². The third-order valence-electron chi connectivity index (χ3n) is 4.12. The number of benzene rings is 1. The molecule has 0 aliphatic carbocycles. The molecule has 1 aliphatic rings. The number of ketones is 1. The molecule has 1 atom stereocenters. The van der Waals surface area contributed by atoms with Crippen molar-refractivity contribution in [3.05, 3.63) is 53.2 Å². The minimum Gasteiger partial charge on any atom is -0.309 e. The van der Waals surface area contributed by atoms with Crippen LogP contribution in [0.2, 0.25) is 5.02 Å². The van der Waals surface area contributed by atoms with Crippen LogP contribution in [-0.2, 0) is 9.59 Å². The van der Waals surface area contributed by atoms with Crippen LogP contribution in [0.25, 0.3) is 0 Å². The van der Waals surface area contributed by atoms with E-state index in [0.29, 0.717) is 17.9 Å². The first-order valence-corrected chi connectivity index (χ1v) is 8.66. The Balaban J connectivity index is 1.98. The predicted molar refractivity (Wildman–Crippen MR) is 99.4 cm³/mol. The van der Waals surface area contributed by atoms with E-state index in [4.69, 9.17) is 11.6 Å². The second kappa shape index (κ2) is 7.25. The number of anilines is 2. The van der Waals surface area contributed by atoms with E-state index in [1.54, 1.807) is 42.6 Å². The highest BCUT2D eigenvalue weighted by Gasteiger charge is 2.43. The number of hydrogen-bond donors (Lipinski definition) is 1. The van der Waals surface area contributed by atoms with Gasteiger partial charge < -0.3 is 5.32 Å². The van der Waals surface area contributed by atoms with Crippen molar-refractivity contribution in [2.45, 2.75) is 26.3 Å². The Hall–Kier alpha value is -2.73. The Bertz CT molecular complexity index is 868. The van der Waals surface area contributed by atoms with E-state index < -0.39 is 23.6 Å². The van der Waals surface area contributed by atoms with E-state index in [2.05, 4.69) is 10.3 Å². The average Bonchev–Trinajstić information content (AvgIpc) is 2.86. The van der Waals surface area contributed by atoms with Crippen molar-refractivity contribution in [3.8, 4) is 0 Å². The van der Waals surface area contributed by atoms with Gasteiger partial charge in [0.15, 0.2) is 0 Å². The maximum atomic E-state index is 12.9. The molecule has 1 aliphatic heterocycles. The molecule has 0 radical (unpaired) electrons. The van der Waals surface area contributed by atoms with Crippen molar-refractivity contribution in [1.29, 1.82) is 0 Å². The molecule has 0 saturated carbocycles. The standard InChI is InChI=1S/C19H18ClN3O3/c1-11(2)10-14(18(25)22-15-8-3-4-9-21-15)23-13-7-5-6-12(20)16(13)17(24)19(23)26/h3-9,11,14H,10H2,1-2H3,(H,21,22,25). The normalized spacial score (nSPS) is 14.5. The summed E-state index contributed by atoms with van der Waals surface area (Å²) in [7, 11) is 0. The van der Waals surface area contributed by atoms with Gasteiger partial charge in [0.1, 0.15) is 11.9 Å². The molecule has 2 amide bonds. The molecule has 1 unspecified atom stereocenters. The van der Waals surface area contributed by atoms with Gasteiger partial charge in [-0.2, -0.15) is 0 Å². The van der Waals surface area contributed by atoms with E-state index in [1.165, 1.54) is 4.90 Å². The largest absolute Gasteiger partial charge is 0.309 e. The lowest BCUT2D eigenvalue weighted by Gasteiger charge is -2.28. The Labute approximate surface area is 156 Å². The fourth-order valence-corrected chi connectivity index (χ4v) is 3.25. The zero-order valence-corrected chi connectivity index (χ0v) is 15.2. The number of amides is 2. The summed E-state index contributed by atoms with van der Waals surface area (Å²) in [6.07, 6.45) is 1.95. The molecule has 1 aromatic carbocycles. The van der Waals surface area contributed by atoms with Gasteiger partial charge in [0.05, 0.1) is 16.3 Å². The molecule has 1 aromatic heterocycles. The molecule has 6 nitrogen and oxygen atoms in total. The molecule has 1 N–H and O–H groups in total. The number of nitrogens with one attached hydrogen (secondary N) is 1. The number of hydrogen-bond acceptors (Lipinski definition) is 4. The van der Waals surface area contributed by atoms with Gasteiger partial charge in [-0.25, -0.2) is 4.98 Å². The fraction of sp³-hybridized carbons (Fsp3) is 0.263. The number of rotatable bonds is 5. The van der Waals surface area contributed by atoms with Gasteiger partial charge in [-0.1, -0.05) is 37.6 Å². The fourth-order valence-electron chi connectivity index (χ4n) is 3.00. The first kappa shape index (κ1) is 18.1. The van der Waals surface area contributed by atoms with Gasteiger partial charge >= 0.3 is 0 Å². The molecular formula is C19H18ClN3O3. The molecule has 3 rings (SSSR count). The van der Waals surface area contributed by atoms with Gasteiger partial charge in [-0.05, 0) is 36.6 Å². The number of aromatic nitrogens is 1. The van der Waals surface area contributed by atoms with E-state index in [1.807, 2.05) is 13.8 Å². The van der Waals surface area contributed by atoms with E-state index in [0.717, 1.165) is 0 Å². The monoisotopic (exact) mass is 371 g/mol. The van der Waals surface area contributed by atoms with Crippen LogP contribution in [0, 0.1) is 5.92 Å².